The van der Waals surface area contributed by atoms with Crippen molar-refractivity contribution < 1.29 is 23.5 Å². The van der Waals surface area contributed by atoms with Gasteiger partial charge >= 0.3 is 0 Å². The van der Waals surface area contributed by atoms with Crippen molar-refractivity contribution in [1.82, 2.24) is 10.1 Å². The molecule has 1 saturated carbocycles. The molecular weight excluding hydrogens is 360 g/mol. The largest absolute Gasteiger partial charge is 0.493 e. The second-order valence-electron chi connectivity index (χ2n) is 7.02. The monoisotopic (exact) mass is 384 g/mol. The molecular formula is C21H24N2O5. The highest BCUT2D eigenvalue weighted by Crippen LogP contribution is 2.35. The summed E-state index contributed by atoms with van der Waals surface area (Å²) in [5.74, 6) is 3.79. The minimum absolute atomic E-state index is 0.225. The van der Waals surface area contributed by atoms with Gasteiger partial charge in [-0.3, -0.25) is 0 Å². The van der Waals surface area contributed by atoms with E-state index in [9.17, 15) is 4.79 Å². The number of nitrogens with zero attached hydrogens (tertiary/aromatic N) is 2. The third-order valence-corrected chi connectivity index (χ3v) is 5.22. The minimum Gasteiger partial charge on any atom is -0.493 e. The first-order valence-corrected chi connectivity index (χ1v) is 9.68. The summed E-state index contributed by atoms with van der Waals surface area (Å²) < 4.78 is 22.4. The van der Waals surface area contributed by atoms with E-state index in [4.69, 9.17) is 18.7 Å². The number of hydrogen-bond acceptors (Lipinski definition) is 7. The summed E-state index contributed by atoms with van der Waals surface area (Å²) in [6.45, 7) is 2.41. The fraction of sp³-hybridized carbons (Fsp3) is 0.476. The van der Waals surface area contributed by atoms with Gasteiger partial charge in [0.05, 0.1) is 26.4 Å². The predicted octanol–water partition coefficient (Wildman–Crippen LogP) is 3.18. The highest BCUT2D eigenvalue weighted by Gasteiger charge is 2.22. The van der Waals surface area contributed by atoms with E-state index in [1.807, 2.05) is 29.0 Å². The Hall–Kier alpha value is -2.76. The average Bonchev–Trinajstić information content (AvgIpc) is 3.42. The molecule has 4 rings (SSSR count). The maximum absolute atomic E-state index is 11.5. The van der Waals surface area contributed by atoms with Gasteiger partial charge in [0.2, 0.25) is 0 Å². The predicted molar refractivity (Wildman–Crippen MR) is 103 cm³/mol. The summed E-state index contributed by atoms with van der Waals surface area (Å²) in [6.07, 6.45) is 4.75. The quantitative estimate of drug-likeness (QED) is 0.708. The van der Waals surface area contributed by atoms with Crippen LogP contribution >= 0.6 is 0 Å². The van der Waals surface area contributed by atoms with Gasteiger partial charge < -0.3 is 23.6 Å². The van der Waals surface area contributed by atoms with Gasteiger partial charge in [0.1, 0.15) is 5.69 Å². The normalized spacial score (nSPS) is 17.4. The molecule has 0 spiro atoms. The lowest BCUT2D eigenvalue weighted by molar-refractivity contribution is 0.0634. The summed E-state index contributed by atoms with van der Waals surface area (Å²) in [5.41, 5.74) is 1.85. The molecule has 28 heavy (non-hydrogen) atoms. The highest BCUT2D eigenvalue weighted by atomic mass is 16.5. The molecule has 148 valence electrons. The van der Waals surface area contributed by atoms with E-state index in [1.165, 1.54) is 12.8 Å². The number of carbonyl (C=O) groups excluding carboxylic acids is 1. The smallest absolute Gasteiger partial charge is 0.194 e. The minimum atomic E-state index is 0.225. The van der Waals surface area contributed by atoms with Crippen molar-refractivity contribution in [3.8, 4) is 22.8 Å². The van der Waals surface area contributed by atoms with Crippen LogP contribution < -0.4 is 9.47 Å². The molecule has 0 atom stereocenters. The zero-order chi connectivity index (χ0) is 19.3. The summed E-state index contributed by atoms with van der Waals surface area (Å²) in [5, 5.41) is 4.15. The zero-order valence-corrected chi connectivity index (χ0v) is 16.0. The molecule has 1 saturated heterocycles. The molecule has 7 heteroatoms. The lowest BCUT2D eigenvalue weighted by Gasteiger charge is -2.27. The molecule has 0 amide bonds. The maximum atomic E-state index is 11.5. The van der Waals surface area contributed by atoms with Crippen LogP contribution in [0.1, 0.15) is 31.4 Å². The van der Waals surface area contributed by atoms with E-state index in [2.05, 4.69) is 5.16 Å². The van der Waals surface area contributed by atoms with Crippen LogP contribution in [0.25, 0.3) is 17.0 Å². The van der Waals surface area contributed by atoms with E-state index in [1.54, 1.807) is 13.2 Å². The molecule has 2 aromatic rings. The Balaban J connectivity index is 1.58. The van der Waals surface area contributed by atoms with Crippen molar-refractivity contribution in [3.63, 3.8) is 0 Å². The van der Waals surface area contributed by atoms with Crippen LogP contribution in [0.5, 0.6) is 11.5 Å². The standard InChI is InChI=1S/C21H24N2O5/c1-25-19-7-6-15(12-21(19)27-16-4-2-3-5-16)17-13-20(28-22-17)18(14-24)23-8-10-26-11-9-23/h6-7,12-13,16H,2-5,8-11H2,1H3. The highest BCUT2D eigenvalue weighted by molar-refractivity contribution is 5.85. The lowest BCUT2D eigenvalue weighted by atomic mass is 10.1. The van der Waals surface area contributed by atoms with Gasteiger partial charge in [0, 0.05) is 24.7 Å². The van der Waals surface area contributed by atoms with E-state index in [0.717, 1.165) is 18.4 Å². The van der Waals surface area contributed by atoms with Crippen molar-refractivity contribution >= 4 is 11.6 Å². The molecule has 0 unspecified atom stereocenters. The van der Waals surface area contributed by atoms with E-state index >= 15 is 0 Å². The molecule has 0 N–H and O–H groups in total. The summed E-state index contributed by atoms with van der Waals surface area (Å²) in [6, 6.07) is 7.45. The van der Waals surface area contributed by atoms with Gasteiger partial charge in [-0.25, -0.2) is 4.79 Å². The summed E-state index contributed by atoms with van der Waals surface area (Å²) >= 11 is 0. The van der Waals surface area contributed by atoms with Crippen molar-refractivity contribution in [2.75, 3.05) is 33.4 Å². The first-order valence-electron chi connectivity index (χ1n) is 9.68. The van der Waals surface area contributed by atoms with Crippen LogP contribution in [0, 0.1) is 0 Å². The zero-order valence-electron chi connectivity index (χ0n) is 16.0. The number of rotatable bonds is 6. The fourth-order valence-corrected chi connectivity index (χ4v) is 3.69. The molecule has 1 aromatic carbocycles. The van der Waals surface area contributed by atoms with Crippen molar-refractivity contribution in [1.29, 1.82) is 0 Å². The van der Waals surface area contributed by atoms with Gasteiger partial charge in [-0.2, -0.15) is 0 Å². The molecule has 2 fully saturated rings. The number of hydrogen-bond donors (Lipinski definition) is 0. The van der Waals surface area contributed by atoms with Crippen LogP contribution in [-0.2, 0) is 9.53 Å². The van der Waals surface area contributed by atoms with Gasteiger partial charge in [0.25, 0.3) is 0 Å². The molecule has 1 aromatic heterocycles. The van der Waals surface area contributed by atoms with Crippen LogP contribution in [0.3, 0.4) is 0 Å². The number of morpholine rings is 1. The van der Waals surface area contributed by atoms with Crippen LogP contribution in [0.2, 0.25) is 0 Å². The second-order valence-corrected chi connectivity index (χ2v) is 7.02. The molecule has 2 heterocycles. The fourth-order valence-electron chi connectivity index (χ4n) is 3.69. The lowest BCUT2D eigenvalue weighted by Crippen LogP contribution is -2.35. The van der Waals surface area contributed by atoms with Crippen molar-refractivity contribution in [3.05, 3.63) is 30.0 Å². The van der Waals surface area contributed by atoms with E-state index in [-0.39, 0.29) is 6.10 Å². The van der Waals surface area contributed by atoms with E-state index in [0.29, 0.717) is 55.0 Å². The molecule has 0 radical (unpaired) electrons. The summed E-state index contributed by atoms with van der Waals surface area (Å²) in [4.78, 5) is 13.4. The third-order valence-electron chi connectivity index (χ3n) is 5.22. The first kappa shape index (κ1) is 18.6. The van der Waals surface area contributed by atoms with Gasteiger partial charge in [-0.1, -0.05) is 5.16 Å². The Bertz CT molecular complexity index is 859. The Kier molecular flexibility index (Phi) is 5.65. The average molecular weight is 384 g/mol. The number of benzene rings is 1. The van der Waals surface area contributed by atoms with Crippen molar-refractivity contribution in [2.45, 2.75) is 31.8 Å². The SMILES string of the molecule is COc1ccc(-c2cc(C(=C=O)N3CCOCC3)on2)cc1OC1CCCC1. The van der Waals surface area contributed by atoms with E-state index < -0.39 is 0 Å². The number of methoxy groups -OCH3 is 1. The van der Waals surface area contributed by atoms with Crippen LogP contribution in [-0.4, -0.2) is 55.5 Å². The molecule has 7 nitrogen and oxygen atoms in total. The Labute approximate surface area is 163 Å². The van der Waals surface area contributed by atoms with Crippen molar-refractivity contribution in [2.24, 2.45) is 0 Å². The van der Waals surface area contributed by atoms with Gasteiger partial charge in [0.15, 0.2) is 28.9 Å². The van der Waals surface area contributed by atoms with Gasteiger partial charge in [-0.05, 0) is 43.9 Å². The van der Waals surface area contributed by atoms with Gasteiger partial charge in [-0.15, -0.1) is 0 Å². The summed E-state index contributed by atoms with van der Waals surface area (Å²) in [7, 11) is 1.63. The Morgan fingerprint density at radius 1 is 1.18 bits per heavy atom. The third kappa shape index (κ3) is 3.91. The molecule has 1 aliphatic heterocycles. The Morgan fingerprint density at radius 3 is 2.68 bits per heavy atom. The van der Waals surface area contributed by atoms with Crippen LogP contribution in [0.15, 0.2) is 28.8 Å². The first-order chi connectivity index (χ1) is 13.8. The molecule has 2 aliphatic rings. The molecule has 1 aliphatic carbocycles. The topological polar surface area (TPSA) is 74.0 Å². The molecule has 0 bridgehead atoms. The Morgan fingerprint density at radius 2 is 1.96 bits per heavy atom. The second kappa shape index (κ2) is 8.50. The number of aromatic nitrogens is 1. The maximum Gasteiger partial charge on any atom is 0.194 e. The van der Waals surface area contributed by atoms with Crippen LogP contribution in [0.4, 0.5) is 0 Å². The number of ether oxygens (including phenoxy) is 3.